The van der Waals surface area contributed by atoms with Crippen molar-refractivity contribution in [1.29, 1.82) is 0 Å². The molecule has 0 saturated carbocycles. The van der Waals surface area contributed by atoms with E-state index in [2.05, 4.69) is 21.2 Å². The van der Waals surface area contributed by atoms with Crippen molar-refractivity contribution in [3.8, 4) is 0 Å². The first-order valence-electron chi connectivity index (χ1n) is 3.84. The van der Waals surface area contributed by atoms with Crippen molar-refractivity contribution in [2.24, 2.45) is 0 Å². The predicted octanol–water partition coefficient (Wildman–Crippen LogP) is 2.07. The van der Waals surface area contributed by atoms with E-state index in [0.29, 0.717) is 0 Å². The van der Waals surface area contributed by atoms with Crippen LogP contribution in [0.4, 0.5) is 15.8 Å². The molecule has 0 atom stereocenters. The zero-order valence-electron chi connectivity index (χ0n) is 7.37. The highest BCUT2D eigenvalue weighted by Gasteiger charge is 2.16. The molecule has 5 nitrogen and oxygen atoms in total. The van der Waals surface area contributed by atoms with Gasteiger partial charge in [-0.25, -0.2) is 4.39 Å². The fourth-order valence-corrected chi connectivity index (χ4v) is 1.09. The second-order valence-electron chi connectivity index (χ2n) is 2.60. The molecule has 0 heterocycles. The van der Waals surface area contributed by atoms with Gasteiger partial charge < -0.3 is 5.32 Å². The van der Waals surface area contributed by atoms with E-state index >= 15 is 0 Å². The number of amides is 1. The number of nitro benzene ring substituents is 1. The maximum Gasteiger partial charge on any atom is 0.295 e. The van der Waals surface area contributed by atoms with Gasteiger partial charge in [-0.1, -0.05) is 15.9 Å². The van der Waals surface area contributed by atoms with Crippen LogP contribution in [0.1, 0.15) is 0 Å². The monoisotopic (exact) mass is 276 g/mol. The number of alkyl halides is 1. The summed E-state index contributed by atoms with van der Waals surface area (Å²) in [5.41, 5.74) is -0.491. The predicted molar refractivity (Wildman–Crippen MR) is 55.5 cm³/mol. The van der Waals surface area contributed by atoms with Crippen LogP contribution in [0.2, 0.25) is 0 Å². The lowest BCUT2D eigenvalue weighted by Gasteiger charge is -2.03. The third-order valence-electron chi connectivity index (χ3n) is 1.55. The molecule has 0 radical (unpaired) electrons. The Bertz CT molecular complexity index is 411. The zero-order chi connectivity index (χ0) is 11.4. The summed E-state index contributed by atoms with van der Waals surface area (Å²) in [6, 6.07) is 2.94. The number of nitro groups is 1. The van der Waals surface area contributed by atoms with Gasteiger partial charge in [-0.15, -0.1) is 0 Å². The molecule has 0 bridgehead atoms. The zero-order valence-corrected chi connectivity index (χ0v) is 8.95. The van der Waals surface area contributed by atoms with E-state index in [1.165, 1.54) is 0 Å². The van der Waals surface area contributed by atoms with Crippen molar-refractivity contribution in [1.82, 2.24) is 0 Å². The summed E-state index contributed by atoms with van der Waals surface area (Å²) in [6.07, 6.45) is 0. The highest BCUT2D eigenvalue weighted by atomic mass is 79.9. The van der Waals surface area contributed by atoms with E-state index in [-0.39, 0.29) is 11.0 Å². The lowest BCUT2D eigenvalue weighted by molar-refractivity contribution is -0.384. The smallest absolute Gasteiger partial charge is 0.295 e. The Labute approximate surface area is 92.6 Å². The molecule has 1 aromatic rings. The molecule has 0 unspecified atom stereocenters. The fourth-order valence-electron chi connectivity index (χ4n) is 0.945. The molecule has 1 aromatic carbocycles. The van der Waals surface area contributed by atoms with E-state index in [1.807, 2.05) is 0 Å². The molecule has 0 aromatic heterocycles. The van der Waals surface area contributed by atoms with Gasteiger partial charge in [0.15, 0.2) is 0 Å². The van der Waals surface area contributed by atoms with Crippen LogP contribution in [0.5, 0.6) is 0 Å². The first kappa shape index (κ1) is 11.6. The number of benzene rings is 1. The quantitative estimate of drug-likeness (QED) is 0.522. The summed E-state index contributed by atoms with van der Waals surface area (Å²) in [4.78, 5) is 20.7. The molecule has 0 spiro atoms. The van der Waals surface area contributed by atoms with E-state index in [9.17, 15) is 19.3 Å². The maximum absolute atomic E-state index is 12.7. The Balaban J connectivity index is 3.06. The van der Waals surface area contributed by atoms with Crippen LogP contribution < -0.4 is 5.32 Å². The second-order valence-corrected chi connectivity index (χ2v) is 3.16. The van der Waals surface area contributed by atoms with E-state index in [0.717, 1.165) is 18.2 Å². The van der Waals surface area contributed by atoms with E-state index in [4.69, 9.17) is 0 Å². The minimum absolute atomic E-state index is 0.0154. The summed E-state index contributed by atoms with van der Waals surface area (Å²) in [5.74, 6) is -1.16. The Morgan fingerprint density at radius 1 is 1.60 bits per heavy atom. The van der Waals surface area contributed by atoms with Crippen molar-refractivity contribution in [3.63, 3.8) is 0 Å². The first-order chi connectivity index (χ1) is 7.04. The van der Waals surface area contributed by atoms with Gasteiger partial charge >= 0.3 is 0 Å². The molecule has 7 heteroatoms. The number of hydrogen-bond donors (Lipinski definition) is 1. The fraction of sp³-hybridized carbons (Fsp3) is 0.125. The van der Waals surface area contributed by atoms with Crippen LogP contribution in [0.15, 0.2) is 18.2 Å². The lowest BCUT2D eigenvalue weighted by atomic mass is 10.2. The summed E-state index contributed by atoms with van der Waals surface area (Å²) in [6.45, 7) is 0. The molecule has 0 saturated heterocycles. The van der Waals surface area contributed by atoms with Gasteiger partial charge in [0, 0.05) is 0 Å². The second kappa shape index (κ2) is 4.83. The van der Waals surface area contributed by atoms with Gasteiger partial charge in [-0.05, 0) is 12.1 Å². The third-order valence-corrected chi connectivity index (χ3v) is 2.06. The van der Waals surface area contributed by atoms with Crippen LogP contribution in [-0.2, 0) is 4.79 Å². The van der Waals surface area contributed by atoms with Crippen molar-refractivity contribution in [3.05, 3.63) is 34.1 Å². The third kappa shape index (κ3) is 2.98. The number of anilines is 1. The van der Waals surface area contributed by atoms with Gasteiger partial charge in [-0.2, -0.15) is 0 Å². The van der Waals surface area contributed by atoms with Crippen LogP contribution in [0, 0.1) is 15.9 Å². The van der Waals surface area contributed by atoms with Gasteiger partial charge in [0.1, 0.15) is 11.5 Å². The summed E-state index contributed by atoms with van der Waals surface area (Å²) in [7, 11) is 0. The highest BCUT2D eigenvalue weighted by molar-refractivity contribution is 9.09. The van der Waals surface area contributed by atoms with Gasteiger partial charge in [0.05, 0.1) is 16.3 Å². The number of carbonyl (C=O) groups excluding carboxylic acids is 1. The molecule has 80 valence electrons. The first-order valence-corrected chi connectivity index (χ1v) is 4.96. The van der Waals surface area contributed by atoms with Crippen LogP contribution in [0.25, 0.3) is 0 Å². The van der Waals surface area contributed by atoms with Gasteiger partial charge in [0.2, 0.25) is 5.91 Å². The molecule has 1 N–H and O–H groups in total. The molecular weight excluding hydrogens is 271 g/mol. The average Bonchev–Trinajstić information content (AvgIpc) is 2.20. The highest BCUT2D eigenvalue weighted by Crippen LogP contribution is 2.24. The molecule has 1 rings (SSSR count). The van der Waals surface area contributed by atoms with Gasteiger partial charge in [0.25, 0.3) is 5.69 Å². The Morgan fingerprint density at radius 3 is 2.80 bits per heavy atom. The van der Waals surface area contributed by atoms with Crippen LogP contribution >= 0.6 is 15.9 Å². The minimum atomic E-state index is -0.757. The molecule has 0 aliphatic heterocycles. The average molecular weight is 277 g/mol. The number of rotatable bonds is 3. The summed E-state index contributed by atoms with van der Waals surface area (Å²) < 4.78 is 12.7. The van der Waals surface area contributed by atoms with Crippen molar-refractivity contribution < 1.29 is 14.1 Å². The van der Waals surface area contributed by atoms with E-state index < -0.39 is 22.3 Å². The van der Waals surface area contributed by atoms with Crippen molar-refractivity contribution >= 4 is 33.2 Å². The molecule has 0 aliphatic rings. The lowest BCUT2D eigenvalue weighted by Crippen LogP contribution is -2.13. The Hall–Kier alpha value is -1.50. The largest absolute Gasteiger partial charge is 0.320 e. The number of halogens is 2. The topological polar surface area (TPSA) is 72.2 Å². The molecule has 15 heavy (non-hydrogen) atoms. The number of carbonyl (C=O) groups is 1. The van der Waals surface area contributed by atoms with Gasteiger partial charge in [-0.3, -0.25) is 14.9 Å². The molecule has 1 amide bonds. The van der Waals surface area contributed by atoms with Crippen molar-refractivity contribution in [2.75, 3.05) is 10.6 Å². The summed E-state index contributed by atoms with van der Waals surface area (Å²) >= 11 is 2.89. The standard InChI is InChI=1S/C8H6BrFN2O3/c9-4-8(13)11-6-2-1-5(10)3-7(6)12(14)15/h1-3H,4H2,(H,11,13). The normalized spacial score (nSPS) is 9.73. The van der Waals surface area contributed by atoms with Crippen LogP contribution in [0.3, 0.4) is 0 Å². The maximum atomic E-state index is 12.7. The minimum Gasteiger partial charge on any atom is -0.320 e. The number of nitrogens with one attached hydrogen (secondary N) is 1. The van der Waals surface area contributed by atoms with E-state index in [1.54, 1.807) is 0 Å². The Morgan fingerprint density at radius 2 is 2.27 bits per heavy atom. The molecule has 0 fully saturated rings. The number of hydrogen-bond acceptors (Lipinski definition) is 3. The summed E-state index contributed by atoms with van der Waals surface area (Å²) in [5, 5.41) is 12.8. The van der Waals surface area contributed by atoms with Crippen LogP contribution in [-0.4, -0.2) is 16.2 Å². The molecule has 0 aliphatic carbocycles. The number of nitrogens with zero attached hydrogens (tertiary/aromatic N) is 1. The molecular formula is C8H6BrFN2O3. The Kier molecular flexibility index (Phi) is 3.73. The SMILES string of the molecule is O=C(CBr)Nc1ccc(F)cc1[N+](=O)[O-]. The van der Waals surface area contributed by atoms with Crippen molar-refractivity contribution in [2.45, 2.75) is 0 Å².